The lowest BCUT2D eigenvalue weighted by atomic mass is 10.1. The van der Waals surface area contributed by atoms with E-state index in [2.05, 4.69) is 30.1 Å². The SMILES string of the molecule is Fc1ccc(CCNc2ccnc(N3CCN(c4ccccn4)CC3)n2)cc1. The predicted octanol–water partition coefficient (Wildman–Crippen LogP) is 2.99. The third-order valence-corrected chi connectivity index (χ3v) is 4.81. The van der Waals surface area contributed by atoms with Crippen molar-refractivity contribution in [2.24, 2.45) is 0 Å². The van der Waals surface area contributed by atoms with Gasteiger partial charge in [0.1, 0.15) is 17.5 Å². The molecule has 0 amide bonds. The van der Waals surface area contributed by atoms with E-state index in [-0.39, 0.29) is 5.82 Å². The van der Waals surface area contributed by atoms with Gasteiger partial charge in [-0.15, -0.1) is 0 Å². The predicted molar refractivity (Wildman–Crippen MR) is 109 cm³/mol. The highest BCUT2D eigenvalue weighted by Gasteiger charge is 2.19. The van der Waals surface area contributed by atoms with Crippen LogP contribution in [0, 0.1) is 5.82 Å². The molecule has 1 aliphatic heterocycles. The van der Waals surface area contributed by atoms with Crippen LogP contribution >= 0.6 is 0 Å². The number of benzene rings is 1. The largest absolute Gasteiger partial charge is 0.370 e. The first-order valence-corrected chi connectivity index (χ1v) is 9.50. The number of aromatic nitrogens is 3. The molecule has 3 heterocycles. The summed E-state index contributed by atoms with van der Waals surface area (Å²) in [6, 6.07) is 14.5. The number of rotatable bonds is 6. The Morgan fingerprint density at radius 3 is 2.39 bits per heavy atom. The van der Waals surface area contributed by atoms with Crippen molar-refractivity contribution in [3.8, 4) is 0 Å². The second-order valence-corrected chi connectivity index (χ2v) is 6.71. The van der Waals surface area contributed by atoms with Crippen molar-refractivity contribution in [2.75, 3.05) is 47.8 Å². The van der Waals surface area contributed by atoms with Gasteiger partial charge in [0, 0.05) is 45.1 Å². The summed E-state index contributed by atoms with van der Waals surface area (Å²) >= 11 is 0. The van der Waals surface area contributed by atoms with Crippen molar-refractivity contribution in [2.45, 2.75) is 6.42 Å². The number of halogens is 1. The highest BCUT2D eigenvalue weighted by atomic mass is 19.1. The molecule has 4 rings (SSSR count). The third-order valence-electron chi connectivity index (χ3n) is 4.81. The van der Waals surface area contributed by atoms with Crippen LogP contribution < -0.4 is 15.1 Å². The smallest absolute Gasteiger partial charge is 0.227 e. The van der Waals surface area contributed by atoms with Crippen LogP contribution in [0.25, 0.3) is 0 Å². The van der Waals surface area contributed by atoms with E-state index in [1.54, 1.807) is 6.20 Å². The van der Waals surface area contributed by atoms with Gasteiger partial charge in [0.25, 0.3) is 0 Å². The summed E-state index contributed by atoms with van der Waals surface area (Å²) in [4.78, 5) is 18.0. The van der Waals surface area contributed by atoms with Gasteiger partial charge in [0.2, 0.25) is 5.95 Å². The topological polar surface area (TPSA) is 57.2 Å². The molecule has 3 aromatic rings. The first kappa shape index (κ1) is 18.2. The molecule has 7 heteroatoms. The van der Waals surface area contributed by atoms with Crippen molar-refractivity contribution in [3.63, 3.8) is 0 Å². The first-order valence-electron chi connectivity index (χ1n) is 9.50. The van der Waals surface area contributed by atoms with Crippen LogP contribution in [0.1, 0.15) is 5.56 Å². The molecule has 0 bridgehead atoms. The second-order valence-electron chi connectivity index (χ2n) is 6.71. The average Bonchev–Trinajstić information content (AvgIpc) is 2.76. The number of piperazine rings is 1. The Bertz CT molecular complexity index is 879. The molecule has 0 unspecified atom stereocenters. The van der Waals surface area contributed by atoms with E-state index in [4.69, 9.17) is 0 Å². The van der Waals surface area contributed by atoms with Gasteiger partial charge < -0.3 is 15.1 Å². The lowest BCUT2D eigenvalue weighted by molar-refractivity contribution is 0.627. The van der Waals surface area contributed by atoms with Gasteiger partial charge in [0.15, 0.2) is 0 Å². The monoisotopic (exact) mass is 378 g/mol. The maximum absolute atomic E-state index is 13.0. The number of nitrogens with zero attached hydrogens (tertiary/aromatic N) is 5. The van der Waals surface area contributed by atoms with E-state index in [1.165, 1.54) is 12.1 Å². The fourth-order valence-corrected chi connectivity index (χ4v) is 3.26. The van der Waals surface area contributed by atoms with Crippen molar-refractivity contribution < 1.29 is 4.39 Å². The summed E-state index contributed by atoms with van der Waals surface area (Å²) in [6.45, 7) is 4.23. The van der Waals surface area contributed by atoms with E-state index in [9.17, 15) is 4.39 Å². The number of pyridine rings is 1. The molecule has 1 N–H and O–H groups in total. The van der Waals surface area contributed by atoms with Gasteiger partial charge in [-0.3, -0.25) is 0 Å². The Labute approximate surface area is 164 Å². The van der Waals surface area contributed by atoms with Crippen LogP contribution in [0.4, 0.5) is 22.0 Å². The maximum atomic E-state index is 13.0. The van der Waals surface area contributed by atoms with Gasteiger partial charge in [-0.25, -0.2) is 14.4 Å². The van der Waals surface area contributed by atoms with E-state index in [1.807, 2.05) is 42.6 Å². The van der Waals surface area contributed by atoms with Crippen LogP contribution in [0.15, 0.2) is 60.9 Å². The van der Waals surface area contributed by atoms with Gasteiger partial charge in [-0.05, 0) is 42.3 Å². The van der Waals surface area contributed by atoms with Crippen LogP contribution in [-0.2, 0) is 6.42 Å². The highest BCUT2D eigenvalue weighted by Crippen LogP contribution is 2.17. The molecule has 1 aromatic carbocycles. The van der Waals surface area contributed by atoms with Crippen molar-refractivity contribution in [1.29, 1.82) is 0 Å². The zero-order chi connectivity index (χ0) is 19.2. The molecule has 6 nitrogen and oxygen atoms in total. The molecular weight excluding hydrogens is 355 g/mol. The summed E-state index contributed by atoms with van der Waals surface area (Å²) in [6.07, 6.45) is 4.42. The zero-order valence-corrected chi connectivity index (χ0v) is 15.6. The minimum atomic E-state index is -0.208. The van der Waals surface area contributed by atoms with Crippen molar-refractivity contribution >= 4 is 17.6 Å². The molecule has 2 aromatic heterocycles. The van der Waals surface area contributed by atoms with Gasteiger partial charge in [0.05, 0.1) is 0 Å². The standard InChI is InChI=1S/C21H23FN6/c22-18-6-4-17(5-7-18)8-11-23-19-9-12-25-21(26-19)28-15-13-27(14-16-28)20-3-1-2-10-24-20/h1-7,9-10,12H,8,11,13-16H2,(H,23,25,26). The lowest BCUT2D eigenvalue weighted by Gasteiger charge is -2.35. The fourth-order valence-electron chi connectivity index (χ4n) is 3.26. The molecule has 144 valence electrons. The summed E-state index contributed by atoms with van der Waals surface area (Å²) in [5, 5.41) is 3.33. The second kappa shape index (κ2) is 8.65. The van der Waals surface area contributed by atoms with Crippen LogP contribution in [0.3, 0.4) is 0 Å². The average molecular weight is 378 g/mol. The normalized spacial score (nSPS) is 14.2. The first-order chi connectivity index (χ1) is 13.8. The Hall–Kier alpha value is -3.22. The zero-order valence-electron chi connectivity index (χ0n) is 15.6. The fraction of sp³-hybridized carbons (Fsp3) is 0.286. The van der Waals surface area contributed by atoms with E-state index in [0.29, 0.717) is 0 Å². The van der Waals surface area contributed by atoms with Gasteiger partial charge in [-0.2, -0.15) is 4.98 Å². The summed E-state index contributed by atoms with van der Waals surface area (Å²) in [7, 11) is 0. The van der Waals surface area contributed by atoms with Crippen molar-refractivity contribution in [1.82, 2.24) is 15.0 Å². The van der Waals surface area contributed by atoms with Crippen molar-refractivity contribution in [3.05, 3.63) is 72.3 Å². The molecule has 0 radical (unpaired) electrons. The quantitative estimate of drug-likeness (QED) is 0.712. The summed E-state index contributed by atoms with van der Waals surface area (Å²) < 4.78 is 13.0. The molecule has 0 aliphatic carbocycles. The summed E-state index contributed by atoms with van der Waals surface area (Å²) in [5.41, 5.74) is 1.09. The minimum absolute atomic E-state index is 0.208. The molecule has 0 spiro atoms. The van der Waals surface area contributed by atoms with E-state index < -0.39 is 0 Å². The number of anilines is 3. The Kier molecular flexibility index (Phi) is 5.61. The Balaban J connectivity index is 1.31. The molecule has 0 saturated carbocycles. The van der Waals surface area contributed by atoms with Crippen LogP contribution in [0.2, 0.25) is 0 Å². The maximum Gasteiger partial charge on any atom is 0.227 e. The number of hydrogen-bond acceptors (Lipinski definition) is 6. The third kappa shape index (κ3) is 4.54. The summed E-state index contributed by atoms with van der Waals surface area (Å²) in [5.74, 6) is 2.35. The van der Waals surface area contributed by atoms with Crippen LogP contribution in [-0.4, -0.2) is 47.7 Å². The van der Waals surface area contributed by atoms with E-state index >= 15 is 0 Å². The molecular formula is C21H23FN6. The molecule has 1 saturated heterocycles. The van der Waals surface area contributed by atoms with Crippen LogP contribution in [0.5, 0.6) is 0 Å². The molecule has 28 heavy (non-hydrogen) atoms. The van der Waals surface area contributed by atoms with Gasteiger partial charge in [-0.1, -0.05) is 18.2 Å². The van der Waals surface area contributed by atoms with E-state index in [0.717, 1.165) is 62.3 Å². The Morgan fingerprint density at radius 2 is 1.64 bits per heavy atom. The lowest BCUT2D eigenvalue weighted by Crippen LogP contribution is -2.47. The Morgan fingerprint density at radius 1 is 0.857 bits per heavy atom. The highest BCUT2D eigenvalue weighted by molar-refractivity contribution is 5.45. The molecule has 0 atom stereocenters. The minimum Gasteiger partial charge on any atom is -0.370 e. The molecule has 1 fully saturated rings. The van der Waals surface area contributed by atoms with Gasteiger partial charge >= 0.3 is 0 Å². The number of nitrogens with one attached hydrogen (secondary N) is 1. The molecule has 1 aliphatic rings. The number of hydrogen-bond donors (Lipinski definition) is 1.